The number of nitrogens with zero attached hydrogens (tertiary/aromatic N) is 5. The number of nitrogens with two attached hydrogens (primary N) is 1. The summed E-state index contributed by atoms with van der Waals surface area (Å²) >= 11 is 3.25. The van der Waals surface area contributed by atoms with Crippen molar-refractivity contribution in [1.82, 2.24) is 24.5 Å². The second-order valence-electron chi connectivity index (χ2n) is 13.8. The highest BCUT2D eigenvalue weighted by Gasteiger charge is 2.38. The van der Waals surface area contributed by atoms with Gasteiger partial charge in [0.2, 0.25) is 15.8 Å². The molecule has 5 aromatic rings. The Hall–Kier alpha value is -4.43. The zero-order valence-corrected chi connectivity index (χ0v) is 35.7. The molecule has 3 N–H and O–H groups in total. The minimum absolute atomic E-state index is 0.00272. The lowest BCUT2D eigenvalue weighted by Gasteiger charge is -2.34. The second-order valence-corrected chi connectivity index (χ2v) is 18.0. The zero-order valence-electron chi connectivity index (χ0n) is 31.9. The highest BCUT2D eigenvalue weighted by molar-refractivity contribution is 14.1. The number of thioether (sulfide) groups is 1. The van der Waals surface area contributed by atoms with Crippen LogP contribution in [0.4, 0.5) is 4.79 Å². The van der Waals surface area contributed by atoms with E-state index in [1.165, 1.54) is 9.10 Å². The number of sulfonamides is 1. The van der Waals surface area contributed by atoms with Crippen LogP contribution in [0.25, 0.3) is 11.4 Å². The Bertz CT molecular complexity index is 2150. The van der Waals surface area contributed by atoms with Crippen LogP contribution >= 0.6 is 34.4 Å². The number of methoxy groups -OCH3 is 3. The minimum atomic E-state index is -4.43. The number of aliphatic hydroxyl groups is 1. The first-order valence-electron chi connectivity index (χ1n) is 17.4. The van der Waals surface area contributed by atoms with Crippen molar-refractivity contribution in [3.63, 3.8) is 0 Å². The van der Waals surface area contributed by atoms with Gasteiger partial charge in [-0.2, -0.15) is 9.10 Å². The van der Waals surface area contributed by atoms with Crippen LogP contribution in [0.1, 0.15) is 37.5 Å². The van der Waals surface area contributed by atoms with Crippen molar-refractivity contribution in [2.24, 2.45) is 11.1 Å². The molecule has 298 valence electrons. The van der Waals surface area contributed by atoms with Gasteiger partial charge >= 0.3 is 6.09 Å². The van der Waals surface area contributed by atoms with E-state index in [4.69, 9.17) is 24.7 Å². The normalized spacial score (nSPS) is 12.9. The molecule has 0 saturated carbocycles. The molecule has 2 atom stereocenters. The number of hydrogen-bond acceptors (Lipinski definition) is 12. The number of hydrogen-bond donors (Lipinski definition) is 2. The predicted molar refractivity (Wildman–Crippen MR) is 221 cm³/mol. The highest BCUT2D eigenvalue weighted by Crippen LogP contribution is 2.45. The molecule has 0 radical (unpaired) electrons. The monoisotopic (exact) mass is 916 g/mol. The number of halogens is 1. The molecule has 14 nitrogen and oxygen atoms in total. The maximum atomic E-state index is 15.5. The highest BCUT2D eigenvalue weighted by atomic mass is 127. The fraction of sp³-hybridized carbons (Fsp3) is 0.333. The summed E-state index contributed by atoms with van der Waals surface area (Å²) < 4.78 is 54.0. The molecule has 0 aliphatic carbocycles. The van der Waals surface area contributed by atoms with E-state index in [2.05, 4.69) is 38.0 Å². The number of aromatic nitrogens is 4. The second kappa shape index (κ2) is 18.7. The molecule has 1 aromatic heterocycles. The molecule has 0 aliphatic heterocycles. The van der Waals surface area contributed by atoms with Gasteiger partial charge in [0.05, 0.1) is 33.4 Å². The number of rotatable bonds is 17. The van der Waals surface area contributed by atoms with E-state index in [-0.39, 0.29) is 42.5 Å². The van der Waals surface area contributed by atoms with Gasteiger partial charge < -0.3 is 29.8 Å². The Kier molecular flexibility index (Phi) is 14.2. The predicted octanol–water partition coefficient (Wildman–Crippen LogP) is 6.37. The molecule has 1 heterocycles. The quantitative estimate of drug-likeness (QED) is 0.0779. The number of primary amides is 1. The van der Waals surface area contributed by atoms with E-state index in [9.17, 15) is 9.90 Å². The summed E-state index contributed by atoms with van der Waals surface area (Å²) in [5.74, 6) is 2.07. The first kappa shape index (κ1) is 42.7. The molecule has 56 heavy (non-hydrogen) atoms. The van der Waals surface area contributed by atoms with Crippen LogP contribution in [-0.4, -0.2) is 83.4 Å². The summed E-state index contributed by atoms with van der Waals surface area (Å²) in [6.07, 6.45) is -2.23. The Morgan fingerprint density at radius 1 is 0.857 bits per heavy atom. The molecular weight excluding hydrogens is 872 g/mol. The molecule has 5 rings (SSSR count). The van der Waals surface area contributed by atoms with Gasteiger partial charge in [0, 0.05) is 26.8 Å². The van der Waals surface area contributed by atoms with Gasteiger partial charge in [-0.3, -0.25) is 0 Å². The van der Waals surface area contributed by atoms with Gasteiger partial charge in [0.15, 0.2) is 0 Å². The van der Waals surface area contributed by atoms with Crippen LogP contribution in [0.15, 0.2) is 94.7 Å². The topological polar surface area (TPSA) is 181 Å². The summed E-state index contributed by atoms with van der Waals surface area (Å²) in [5, 5.41) is 24.1. The SMILES string of the molecule is COc1ccc(CN(Cc2ccc(OC)cc2)S(=O)(=O)c2c(SC(C(O)COC(N)=O)C(C)(C)C)ccc(I)c2-c2nnn(Cc3ccc(OC)cc3)n2)cc1. The fourth-order valence-electron chi connectivity index (χ4n) is 5.85. The summed E-state index contributed by atoms with van der Waals surface area (Å²) in [7, 11) is 0.290. The van der Waals surface area contributed by atoms with Gasteiger partial charge in [0.1, 0.15) is 34.9 Å². The first-order chi connectivity index (χ1) is 26.6. The van der Waals surface area contributed by atoms with E-state index in [0.717, 1.165) is 28.5 Å². The number of carbonyl (C=O) groups is 1. The summed E-state index contributed by atoms with van der Waals surface area (Å²) in [6.45, 7) is 5.62. The van der Waals surface area contributed by atoms with Crippen molar-refractivity contribution >= 4 is 50.5 Å². The molecule has 17 heteroatoms. The lowest BCUT2D eigenvalue weighted by atomic mass is 9.88. The molecule has 0 fully saturated rings. The van der Waals surface area contributed by atoms with Gasteiger partial charge in [-0.05, 0) is 98.4 Å². The Morgan fingerprint density at radius 3 is 1.82 bits per heavy atom. The van der Waals surface area contributed by atoms with Crippen molar-refractivity contribution in [2.75, 3.05) is 27.9 Å². The molecule has 2 unspecified atom stereocenters. The van der Waals surface area contributed by atoms with Crippen LogP contribution in [0, 0.1) is 8.99 Å². The summed E-state index contributed by atoms with van der Waals surface area (Å²) in [5.41, 5.74) is 7.20. The third kappa shape index (κ3) is 10.7. The smallest absolute Gasteiger partial charge is 0.404 e. The molecular formula is C39H45IN6O8S2. The number of benzene rings is 4. The molecule has 0 saturated heterocycles. The third-order valence-electron chi connectivity index (χ3n) is 8.72. The molecule has 0 bridgehead atoms. The summed E-state index contributed by atoms with van der Waals surface area (Å²) in [4.78, 5) is 13.2. The average molecular weight is 917 g/mol. The van der Waals surface area contributed by atoms with Crippen molar-refractivity contribution in [3.05, 3.63) is 105 Å². The molecule has 0 aliphatic rings. The standard InChI is InChI=1S/C39H45IN6O8S2/c1-39(2,3)36(32(47)24-54-38(41)48)55-33-20-19-31(40)34(37-42-44-46(43-37)23-27-11-17-30(53-6)18-12-27)35(33)56(49,50)45(21-25-7-13-28(51-4)14-8-25)22-26-9-15-29(52-5)16-10-26/h7-20,32,36,47H,21-24H2,1-6H3,(H2,41,48). The van der Waals surface area contributed by atoms with Crippen molar-refractivity contribution in [1.29, 1.82) is 0 Å². The van der Waals surface area contributed by atoms with Gasteiger partial charge in [-0.25, -0.2) is 13.2 Å². The van der Waals surface area contributed by atoms with Crippen LogP contribution < -0.4 is 19.9 Å². The number of aliphatic hydroxyl groups excluding tert-OH is 1. The third-order valence-corrected chi connectivity index (χ3v) is 13.5. The Morgan fingerprint density at radius 2 is 1.36 bits per heavy atom. The fourth-order valence-corrected chi connectivity index (χ4v) is 10.1. The van der Waals surface area contributed by atoms with E-state index >= 15 is 8.42 Å². The molecule has 4 aromatic carbocycles. The number of ether oxygens (including phenoxy) is 4. The van der Waals surface area contributed by atoms with Gasteiger partial charge in [-0.15, -0.1) is 22.0 Å². The lowest BCUT2D eigenvalue weighted by molar-refractivity contribution is 0.0530. The average Bonchev–Trinajstić information content (AvgIpc) is 3.64. The first-order valence-corrected chi connectivity index (χ1v) is 20.8. The largest absolute Gasteiger partial charge is 0.497 e. The van der Waals surface area contributed by atoms with Crippen molar-refractivity contribution in [3.8, 4) is 28.6 Å². The van der Waals surface area contributed by atoms with Crippen molar-refractivity contribution in [2.45, 2.75) is 61.6 Å². The van der Waals surface area contributed by atoms with E-state index in [1.807, 2.05) is 69.3 Å². The number of tetrazole rings is 1. The maximum Gasteiger partial charge on any atom is 0.404 e. The molecule has 1 amide bonds. The van der Waals surface area contributed by atoms with E-state index in [0.29, 0.717) is 25.7 Å². The lowest BCUT2D eigenvalue weighted by Crippen LogP contribution is -2.39. The van der Waals surface area contributed by atoms with Gasteiger partial charge in [-0.1, -0.05) is 57.2 Å². The van der Waals surface area contributed by atoms with E-state index < -0.39 is 32.9 Å². The Labute approximate surface area is 344 Å². The maximum absolute atomic E-state index is 15.5. The molecule has 0 spiro atoms. The van der Waals surface area contributed by atoms with Crippen molar-refractivity contribution < 1.29 is 37.3 Å². The Balaban J connectivity index is 1.68. The zero-order chi connectivity index (χ0) is 40.6. The summed E-state index contributed by atoms with van der Waals surface area (Å²) in [6, 6.07) is 25.3. The minimum Gasteiger partial charge on any atom is -0.497 e. The van der Waals surface area contributed by atoms with Crippen LogP contribution in [0.2, 0.25) is 0 Å². The number of amides is 1. The number of carbonyl (C=O) groups excluding carboxylic acids is 1. The van der Waals surface area contributed by atoms with E-state index in [1.54, 1.807) is 57.7 Å². The van der Waals surface area contributed by atoms with Crippen LogP contribution in [0.5, 0.6) is 17.2 Å². The van der Waals surface area contributed by atoms with Crippen LogP contribution in [-0.2, 0) is 34.4 Å². The van der Waals surface area contributed by atoms with Gasteiger partial charge in [0.25, 0.3) is 0 Å². The van der Waals surface area contributed by atoms with Crippen LogP contribution in [0.3, 0.4) is 0 Å².